The van der Waals surface area contributed by atoms with Crippen LogP contribution in [-0.4, -0.2) is 17.7 Å². The smallest absolute Gasteiger partial charge is 0.421 e. The van der Waals surface area contributed by atoms with E-state index in [1.54, 1.807) is 0 Å². The van der Waals surface area contributed by atoms with E-state index in [4.69, 9.17) is 11.2 Å². The van der Waals surface area contributed by atoms with Gasteiger partial charge in [-0.15, -0.1) is 6.42 Å². The molecule has 0 spiro atoms. The van der Waals surface area contributed by atoms with Gasteiger partial charge in [-0.1, -0.05) is 29.4 Å². The van der Waals surface area contributed by atoms with Crippen LogP contribution < -0.4 is 4.74 Å². The summed E-state index contributed by atoms with van der Waals surface area (Å²) < 4.78 is 10.4. The average molecular weight is 233 g/mol. The molecule has 2 rings (SSSR count). The molecule has 16 heavy (non-hydrogen) atoms. The highest BCUT2D eigenvalue weighted by Gasteiger charge is 2.10. The van der Waals surface area contributed by atoms with Gasteiger partial charge in [0.1, 0.15) is 0 Å². The molecule has 0 aliphatic rings. The Balaban J connectivity index is 2.10. The Morgan fingerprint density at radius 1 is 1.50 bits per heavy atom. The van der Waals surface area contributed by atoms with E-state index in [1.165, 1.54) is 11.3 Å². The number of thiazole rings is 1. The maximum Gasteiger partial charge on any atom is 0.516 e. The maximum atomic E-state index is 11.1. The van der Waals surface area contributed by atoms with Crippen LogP contribution in [0.15, 0.2) is 24.3 Å². The number of nitrogens with zero attached hydrogens (tertiary/aromatic N) is 1. The summed E-state index contributed by atoms with van der Waals surface area (Å²) in [5.74, 6) is 2.17. The lowest BCUT2D eigenvalue weighted by atomic mass is 10.3. The van der Waals surface area contributed by atoms with E-state index in [-0.39, 0.29) is 11.8 Å². The predicted octanol–water partition coefficient (Wildman–Crippen LogP) is 2.44. The van der Waals surface area contributed by atoms with Gasteiger partial charge in [0.15, 0.2) is 6.61 Å². The lowest BCUT2D eigenvalue weighted by Crippen LogP contribution is -2.10. The van der Waals surface area contributed by atoms with Gasteiger partial charge in [0, 0.05) is 0 Å². The zero-order valence-corrected chi connectivity index (χ0v) is 8.99. The molecule has 2 aromatic rings. The number of hydrogen-bond donors (Lipinski definition) is 0. The van der Waals surface area contributed by atoms with E-state index in [1.807, 2.05) is 24.3 Å². The summed E-state index contributed by atoms with van der Waals surface area (Å²) in [6.07, 6.45) is 4.10. The van der Waals surface area contributed by atoms with Crippen molar-refractivity contribution in [1.82, 2.24) is 4.98 Å². The molecular formula is C11H7NO3S. The SMILES string of the molecule is C#CCOC(=O)Oc1nc2ccccc2s1. The third-order valence-corrected chi connectivity index (χ3v) is 2.63. The number of ether oxygens (including phenoxy) is 2. The second-order valence-corrected chi connectivity index (χ2v) is 3.79. The molecule has 0 saturated heterocycles. The Kier molecular flexibility index (Phi) is 3.03. The first-order valence-corrected chi connectivity index (χ1v) is 5.25. The van der Waals surface area contributed by atoms with Gasteiger partial charge < -0.3 is 9.47 Å². The monoisotopic (exact) mass is 233 g/mol. The van der Waals surface area contributed by atoms with Gasteiger partial charge >= 0.3 is 6.16 Å². The average Bonchev–Trinajstić information content (AvgIpc) is 2.68. The fourth-order valence-corrected chi connectivity index (χ4v) is 1.90. The summed E-state index contributed by atoms with van der Waals surface area (Å²) in [5.41, 5.74) is 0.784. The predicted molar refractivity (Wildman–Crippen MR) is 60.4 cm³/mol. The van der Waals surface area contributed by atoms with Crippen molar-refractivity contribution in [3.63, 3.8) is 0 Å². The fraction of sp³-hybridized carbons (Fsp3) is 0.0909. The lowest BCUT2D eigenvalue weighted by molar-refractivity contribution is 0.111. The number of para-hydroxylation sites is 1. The van der Waals surface area contributed by atoms with Gasteiger partial charge in [-0.3, -0.25) is 0 Å². The second kappa shape index (κ2) is 4.64. The lowest BCUT2D eigenvalue weighted by Gasteiger charge is -1.97. The third-order valence-electron chi connectivity index (χ3n) is 1.72. The molecule has 5 heteroatoms. The second-order valence-electron chi connectivity index (χ2n) is 2.79. The Hall–Kier alpha value is -2.06. The van der Waals surface area contributed by atoms with Crippen LogP contribution in [0, 0.1) is 12.3 Å². The number of aromatic nitrogens is 1. The molecule has 0 aliphatic heterocycles. The first kappa shape index (κ1) is 10.5. The summed E-state index contributed by atoms with van der Waals surface area (Å²) in [4.78, 5) is 15.2. The van der Waals surface area contributed by atoms with Crippen LogP contribution in [0.25, 0.3) is 10.2 Å². The van der Waals surface area contributed by atoms with Crippen molar-refractivity contribution in [2.24, 2.45) is 0 Å². The minimum Gasteiger partial charge on any atom is -0.421 e. The number of carbonyl (C=O) groups is 1. The number of rotatable bonds is 2. The summed E-state index contributed by atoms with van der Waals surface area (Å²) in [7, 11) is 0. The van der Waals surface area contributed by atoms with Crippen LogP contribution in [0.2, 0.25) is 0 Å². The fourth-order valence-electron chi connectivity index (χ4n) is 1.10. The van der Waals surface area contributed by atoms with E-state index in [9.17, 15) is 4.79 Å². The van der Waals surface area contributed by atoms with E-state index < -0.39 is 6.16 Å². The summed E-state index contributed by atoms with van der Waals surface area (Å²) in [5, 5.41) is 0.253. The molecule has 0 unspecified atom stereocenters. The van der Waals surface area contributed by atoms with Crippen LogP contribution in [0.5, 0.6) is 5.19 Å². The van der Waals surface area contributed by atoms with Gasteiger partial charge in [-0.05, 0) is 12.1 Å². The normalized spacial score (nSPS) is 9.69. The van der Waals surface area contributed by atoms with Crippen LogP contribution >= 0.6 is 11.3 Å². The highest BCUT2D eigenvalue weighted by atomic mass is 32.1. The molecule has 0 fully saturated rings. The maximum absolute atomic E-state index is 11.1. The molecule has 0 N–H and O–H groups in total. The summed E-state index contributed by atoms with van der Waals surface area (Å²) in [6, 6.07) is 7.49. The Morgan fingerprint density at radius 2 is 2.31 bits per heavy atom. The Morgan fingerprint density at radius 3 is 3.06 bits per heavy atom. The van der Waals surface area contributed by atoms with Crippen molar-refractivity contribution in [3.05, 3.63) is 24.3 Å². The molecule has 0 radical (unpaired) electrons. The van der Waals surface area contributed by atoms with Crippen molar-refractivity contribution in [1.29, 1.82) is 0 Å². The largest absolute Gasteiger partial charge is 0.516 e. The zero-order valence-electron chi connectivity index (χ0n) is 8.17. The number of benzene rings is 1. The van der Waals surface area contributed by atoms with Gasteiger partial charge in [0.25, 0.3) is 5.19 Å². The molecule has 0 atom stereocenters. The molecule has 4 nitrogen and oxygen atoms in total. The third kappa shape index (κ3) is 2.30. The highest BCUT2D eigenvalue weighted by molar-refractivity contribution is 7.20. The number of hydrogen-bond acceptors (Lipinski definition) is 5. The summed E-state index contributed by atoms with van der Waals surface area (Å²) >= 11 is 1.27. The molecule has 0 saturated carbocycles. The Labute approximate surface area is 95.8 Å². The van der Waals surface area contributed by atoms with E-state index in [0.717, 1.165) is 10.2 Å². The van der Waals surface area contributed by atoms with Crippen molar-refractivity contribution < 1.29 is 14.3 Å². The number of terminal acetylenes is 1. The van der Waals surface area contributed by atoms with Gasteiger partial charge in [-0.2, -0.15) is 0 Å². The minimum atomic E-state index is -0.836. The molecule has 0 aliphatic carbocycles. The van der Waals surface area contributed by atoms with Crippen molar-refractivity contribution in [2.45, 2.75) is 0 Å². The first-order chi connectivity index (χ1) is 7.79. The van der Waals surface area contributed by atoms with Crippen molar-refractivity contribution in [2.75, 3.05) is 6.61 Å². The minimum absolute atomic E-state index is 0.107. The molecule has 1 heterocycles. The standard InChI is InChI=1S/C11H7NO3S/c1-2-7-14-11(13)15-10-12-8-5-3-4-6-9(8)16-10/h1,3-6H,7H2. The van der Waals surface area contributed by atoms with Gasteiger partial charge in [0.2, 0.25) is 0 Å². The van der Waals surface area contributed by atoms with Gasteiger partial charge in [0.05, 0.1) is 10.2 Å². The molecule has 80 valence electrons. The van der Waals surface area contributed by atoms with Crippen LogP contribution in [0.1, 0.15) is 0 Å². The zero-order chi connectivity index (χ0) is 11.4. The number of carbonyl (C=O) groups excluding carboxylic acids is 1. The van der Waals surface area contributed by atoms with E-state index >= 15 is 0 Å². The highest BCUT2D eigenvalue weighted by Crippen LogP contribution is 2.27. The van der Waals surface area contributed by atoms with Crippen LogP contribution in [0.3, 0.4) is 0 Å². The molecule has 0 amide bonds. The quantitative estimate of drug-likeness (QED) is 0.590. The van der Waals surface area contributed by atoms with Crippen LogP contribution in [0.4, 0.5) is 4.79 Å². The van der Waals surface area contributed by atoms with E-state index in [2.05, 4.69) is 15.6 Å². The first-order valence-electron chi connectivity index (χ1n) is 4.43. The Bertz CT molecular complexity index is 523. The summed E-state index contributed by atoms with van der Waals surface area (Å²) in [6.45, 7) is -0.107. The number of fused-ring (bicyclic) bond motifs is 1. The topological polar surface area (TPSA) is 48.4 Å². The van der Waals surface area contributed by atoms with Crippen molar-refractivity contribution in [3.8, 4) is 17.5 Å². The van der Waals surface area contributed by atoms with Crippen LogP contribution in [-0.2, 0) is 4.74 Å². The molecule has 1 aromatic heterocycles. The molecule has 0 bridgehead atoms. The van der Waals surface area contributed by atoms with E-state index in [0.29, 0.717) is 0 Å². The van der Waals surface area contributed by atoms with Gasteiger partial charge in [-0.25, -0.2) is 9.78 Å². The van der Waals surface area contributed by atoms with Crippen molar-refractivity contribution >= 4 is 27.7 Å². The molecular weight excluding hydrogens is 226 g/mol. The molecule has 1 aromatic carbocycles.